The number of ether oxygens (including phenoxy) is 2. The van der Waals surface area contributed by atoms with Gasteiger partial charge in [0.15, 0.2) is 11.6 Å². The van der Waals surface area contributed by atoms with Crippen LogP contribution in [0.5, 0.6) is 11.6 Å². The SMILES string of the molecule is CC.COc1cccc(-c2nc(Nc3ccncc3F)c3c(OCCN4CCCC4)ccn3n2)n1. The molecule has 1 N–H and O–H groups in total. The first kappa shape index (κ1) is 24.3. The van der Waals surface area contributed by atoms with E-state index in [2.05, 4.69) is 30.3 Å². The molecule has 0 saturated carbocycles. The van der Waals surface area contributed by atoms with Gasteiger partial charge in [0, 0.05) is 31.1 Å². The molecule has 184 valence electrons. The van der Waals surface area contributed by atoms with Gasteiger partial charge in [-0.3, -0.25) is 9.88 Å². The fraction of sp³-hybridized carbons (Fsp3) is 0.360. The zero-order valence-corrected chi connectivity index (χ0v) is 20.2. The summed E-state index contributed by atoms with van der Waals surface area (Å²) in [5.41, 5.74) is 1.39. The van der Waals surface area contributed by atoms with Crippen LogP contribution in [-0.2, 0) is 0 Å². The highest BCUT2D eigenvalue weighted by atomic mass is 19.1. The van der Waals surface area contributed by atoms with E-state index in [1.165, 1.54) is 19.0 Å². The number of anilines is 2. The molecular formula is C25H30FN7O2. The van der Waals surface area contributed by atoms with Crippen molar-refractivity contribution in [2.75, 3.05) is 38.7 Å². The second-order valence-electron chi connectivity index (χ2n) is 7.70. The minimum Gasteiger partial charge on any atom is -0.490 e. The maximum absolute atomic E-state index is 14.4. The van der Waals surface area contributed by atoms with Crippen molar-refractivity contribution in [1.29, 1.82) is 0 Å². The summed E-state index contributed by atoms with van der Waals surface area (Å²) in [4.78, 5) is 15.3. The van der Waals surface area contributed by atoms with E-state index in [9.17, 15) is 4.39 Å². The van der Waals surface area contributed by atoms with Crippen molar-refractivity contribution in [3.8, 4) is 23.1 Å². The van der Waals surface area contributed by atoms with Gasteiger partial charge in [0.05, 0.1) is 19.0 Å². The molecular weight excluding hydrogens is 449 g/mol. The molecule has 9 nitrogen and oxygen atoms in total. The Balaban J connectivity index is 0.00000141. The van der Waals surface area contributed by atoms with Gasteiger partial charge in [-0.05, 0) is 38.1 Å². The number of nitrogens with one attached hydrogen (secondary N) is 1. The predicted octanol–water partition coefficient (Wildman–Crippen LogP) is 4.58. The summed E-state index contributed by atoms with van der Waals surface area (Å²) in [5.74, 6) is 1.34. The first-order chi connectivity index (χ1) is 17.2. The molecule has 35 heavy (non-hydrogen) atoms. The third kappa shape index (κ3) is 5.65. The number of likely N-dealkylation sites (tertiary alicyclic amines) is 1. The molecule has 1 aliphatic rings. The van der Waals surface area contributed by atoms with Crippen LogP contribution in [0.2, 0.25) is 0 Å². The number of methoxy groups -OCH3 is 1. The first-order valence-electron chi connectivity index (χ1n) is 11.8. The summed E-state index contributed by atoms with van der Waals surface area (Å²) < 4.78 is 27.3. The monoisotopic (exact) mass is 479 g/mol. The largest absolute Gasteiger partial charge is 0.490 e. The fourth-order valence-corrected chi connectivity index (χ4v) is 3.86. The Morgan fingerprint density at radius 2 is 1.91 bits per heavy atom. The summed E-state index contributed by atoms with van der Waals surface area (Å²) in [7, 11) is 1.55. The zero-order valence-electron chi connectivity index (χ0n) is 20.2. The minimum atomic E-state index is -0.488. The van der Waals surface area contributed by atoms with E-state index in [1.54, 1.807) is 36.0 Å². The van der Waals surface area contributed by atoms with Gasteiger partial charge in [-0.15, -0.1) is 5.10 Å². The van der Waals surface area contributed by atoms with Gasteiger partial charge in [0.2, 0.25) is 11.7 Å². The summed E-state index contributed by atoms with van der Waals surface area (Å²) in [6, 6.07) is 8.74. The molecule has 4 aromatic heterocycles. The Bertz CT molecular complexity index is 1260. The molecule has 0 atom stereocenters. The molecule has 0 spiro atoms. The second-order valence-corrected chi connectivity index (χ2v) is 7.70. The molecule has 0 aliphatic carbocycles. The molecule has 1 saturated heterocycles. The Labute approximate surface area is 203 Å². The molecule has 0 unspecified atom stereocenters. The van der Waals surface area contributed by atoms with Gasteiger partial charge in [0.1, 0.15) is 23.6 Å². The van der Waals surface area contributed by atoms with E-state index >= 15 is 0 Å². The molecule has 1 fully saturated rings. The Morgan fingerprint density at radius 1 is 1.09 bits per heavy atom. The Morgan fingerprint density at radius 3 is 2.69 bits per heavy atom. The normalized spacial score (nSPS) is 13.4. The van der Waals surface area contributed by atoms with Crippen LogP contribution in [0.4, 0.5) is 15.9 Å². The van der Waals surface area contributed by atoms with Gasteiger partial charge in [-0.1, -0.05) is 19.9 Å². The molecule has 0 amide bonds. The van der Waals surface area contributed by atoms with Gasteiger partial charge in [-0.2, -0.15) is 0 Å². The van der Waals surface area contributed by atoms with Crippen LogP contribution < -0.4 is 14.8 Å². The highest BCUT2D eigenvalue weighted by molar-refractivity contribution is 5.80. The van der Waals surface area contributed by atoms with E-state index in [-0.39, 0.29) is 5.69 Å². The summed E-state index contributed by atoms with van der Waals surface area (Å²) in [6.45, 7) is 7.61. The average molecular weight is 480 g/mol. The van der Waals surface area contributed by atoms with Crippen molar-refractivity contribution in [3.05, 3.63) is 54.7 Å². The van der Waals surface area contributed by atoms with Crippen LogP contribution in [0.3, 0.4) is 0 Å². The standard InChI is InChI=1S/C23H24FN7O2.C2H6/c1-32-20-6-4-5-18(26-20)22-28-23(27-17-7-9-25-15-16(17)24)21-19(8-12-31(21)29-22)33-14-13-30-10-2-3-11-30;1-2/h4-9,12,15H,2-3,10-11,13-14H2,1H3,(H,25,27,28,29);1-2H3. The number of halogens is 1. The molecule has 4 aromatic rings. The minimum absolute atomic E-state index is 0.249. The van der Waals surface area contributed by atoms with E-state index in [0.717, 1.165) is 25.8 Å². The van der Waals surface area contributed by atoms with Gasteiger partial charge in [0.25, 0.3) is 0 Å². The van der Waals surface area contributed by atoms with Crippen LogP contribution in [0.25, 0.3) is 17.0 Å². The summed E-state index contributed by atoms with van der Waals surface area (Å²) in [5, 5.41) is 7.68. The zero-order chi connectivity index (χ0) is 24.6. The smallest absolute Gasteiger partial charge is 0.213 e. The van der Waals surface area contributed by atoms with Crippen molar-refractivity contribution in [3.63, 3.8) is 0 Å². The van der Waals surface area contributed by atoms with Crippen LogP contribution in [0.15, 0.2) is 48.9 Å². The van der Waals surface area contributed by atoms with Crippen LogP contribution in [0, 0.1) is 5.82 Å². The Kier molecular flexibility index (Phi) is 8.04. The fourth-order valence-electron chi connectivity index (χ4n) is 3.86. The summed E-state index contributed by atoms with van der Waals surface area (Å²) in [6.07, 6.45) is 6.92. The number of rotatable bonds is 8. The van der Waals surface area contributed by atoms with Crippen molar-refractivity contribution in [2.24, 2.45) is 0 Å². The quantitative estimate of drug-likeness (QED) is 0.393. The van der Waals surface area contributed by atoms with Crippen molar-refractivity contribution >= 4 is 17.0 Å². The van der Waals surface area contributed by atoms with Gasteiger partial charge >= 0.3 is 0 Å². The van der Waals surface area contributed by atoms with E-state index in [4.69, 9.17) is 9.47 Å². The third-order valence-corrected chi connectivity index (χ3v) is 5.53. The third-order valence-electron chi connectivity index (χ3n) is 5.53. The van der Waals surface area contributed by atoms with Gasteiger partial charge < -0.3 is 14.8 Å². The van der Waals surface area contributed by atoms with E-state index in [1.807, 2.05) is 26.0 Å². The maximum atomic E-state index is 14.4. The number of hydrogen-bond acceptors (Lipinski definition) is 8. The number of hydrogen-bond donors (Lipinski definition) is 1. The molecule has 5 heterocycles. The van der Waals surface area contributed by atoms with E-state index in [0.29, 0.717) is 41.1 Å². The maximum Gasteiger partial charge on any atom is 0.213 e. The van der Waals surface area contributed by atoms with Crippen LogP contribution in [-0.4, -0.2) is 62.8 Å². The lowest BCUT2D eigenvalue weighted by atomic mass is 10.3. The highest BCUT2D eigenvalue weighted by Crippen LogP contribution is 2.31. The summed E-state index contributed by atoms with van der Waals surface area (Å²) >= 11 is 0. The van der Waals surface area contributed by atoms with Crippen molar-refractivity contribution in [1.82, 2.24) is 29.5 Å². The lowest BCUT2D eigenvalue weighted by Crippen LogP contribution is -2.25. The van der Waals surface area contributed by atoms with Gasteiger partial charge in [-0.25, -0.2) is 18.9 Å². The predicted molar refractivity (Wildman–Crippen MR) is 133 cm³/mol. The second kappa shape index (κ2) is 11.6. The number of fused-ring (bicyclic) bond motifs is 1. The number of nitrogens with zero attached hydrogens (tertiary/aromatic N) is 6. The lowest BCUT2D eigenvalue weighted by Gasteiger charge is -2.15. The average Bonchev–Trinajstić information content (AvgIpc) is 3.57. The lowest BCUT2D eigenvalue weighted by molar-refractivity contribution is 0.239. The van der Waals surface area contributed by atoms with E-state index < -0.39 is 5.82 Å². The van der Waals surface area contributed by atoms with Crippen LogP contribution in [0.1, 0.15) is 26.7 Å². The van der Waals surface area contributed by atoms with Crippen molar-refractivity contribution in [2.45, 2.75) is 26.7 Å². The van der Waals surface area contributed by atoms with Crippen molar-refractivity contribution < 1.29 is 13.9 Å². The topological polar surface area (TPSA) is 89.7 Å². The van der Waals surface area contributed by atoms with Crippen LogP contribution >= 0.6 is 0 Å². The molecule has 0 aromatic carbocycles. The Hall–Kier alpha value is -3.79. The number of pyridine rings is 2. The molecule has 5 rings (SSSR count). The first-order valence-corrected chi connectivity index (χ1v) is 11.8. The molecule has 0 radical (unpaired) electrons. The molecule has 10 heteroatoms. The number of aromatic nitrogens is 5. The molecule has 0 bridgehead atoms. The highest BCUT2D eigenvalue weighted by Gasteiger charge is 2.18. The molecule has 1 aliphatic heterocycles.